The second kappa shape index (κ2) is 6.16. The molecule has 5 heteroatoms. The van der Waals surface area contributed by atoms with Gasteiger partial charge in [0.05, 0.1) is 25.1 Å². The van der Waals surface area contributed by atoms with Gasteiger partial charge in [-0.15, -0.1) is 0 Å². The molecule has 1 saturated heterocycles. The lowest BCUT2D eigenvalue weighted by molar-refractivity contribution is 0.122. The molecular formula is C18H22N4O. The quantitative estimate of drug-likeness (QED) is 0.852. The van der Waals surface area contributed by atoms with Crippen molar-refractivity contribution in [3.05, 3.63) is 36.3 Å². The van der Waals surface area contributed by atoms with Gasteiger partial charge in [-0.25, -0.2) is 4.98 Å². The van der Waals surface area contributed by atoms with Crippen LogP contribution < -0.4 is 9.80 Å². The lowest BCUT2D eigenvalue weighted by atomic mass is 10.0. The monoisotopic (exact) mass is 310 g/mol. The summed E-state index contributed by atoms with van der Waals surface area (Å²) in [5.41, 5.74) is 4.80. The molecule has 2 aliphatic heterocycles. The molecule has 0 amide bonds. The van der Waals surface area contributed by atoms with Gasteiger partial charge in [-0.05, 0) is 30.5 Å². The number of aromatic nitrogens is 2. The van der Waals surface area contributed by atoms with Crippen molar-refractivity contribution in [1.29, 1.82) is 0 Å². The zero-order valence-corrected chi connectivity index (χ0v) is 13.5. The maximum absolute atomic E-state index is 5.43. The first kappa shape index (κ1) is 14.5. The van der Waals surface area contributed by atoms with Crippen molar-refractivity contribution in [2.45, 2.75) is 12.8 Å². The number of fused-ring (bicyclic) bond motifs is 1. The molecule has 0 aromatic carbocycles. The lowest BCUT2D eigenvalue weighted by Gasteiger charge is -2.29. The van der Waals surface area contributed by atoms with Crippen LogP contribution in [0.2, 0.25) is 0 Å². The van der Waals surface area contributed by atoms with E-state index < -0.39 is 0 Å². The van der Waals surface area contributed by atoms with E-state index in [2.05, 4.69) is 38.9 Å². The molecule has 0 aliphatic carbocycles. The molecule has 0 bridgehead atoms. The van der Waals surface area contributed by atoms with Crippen molar-refractivity contribution in [1.82, 2.24) is 9.97 Å². The molecule has 0 saturated carbocycles. The molecule has 0 radical (unpaired) electrons. The summed E-state index contributed by atoms with van der Waals surface area (Å²) in [7, 11) is 2.12. The van der Waals surface area contributed by atoms with E-state index in [0.29, 0.717) is 0 Å². The summed E-state index contributed by atoms with van der Waals surface area (Å²) in [5, 5.41) is 0. The third-order valence-corrected chi connectivity index (χ3v) is 4.68. The second-order valence-corrected chi connectivity index (χ2v) is 6.26. The molecule has 2 aromatic heterocycles. The normalized spacial score (nSPS) is 18.0. The summed E-state index contributed by atoms with van der Waals surface area (Å²) in [4.78, 5) is 13.7. The molecule has 0 spiro atoms. The molecule has 4 heterocycles. The van der Waals surface area contributed by atoms with E-state index in [9.17, 15) is 0 Å². The molecule has 1 fully saturated rings. The Hall–Kier alpha value is -2.14. The Morgan fingerprint density at radius 2 is 1.83 bits per heavy atom. The van der Waals surface area contributed by atoms with E-state index in [1.165, 1.54) is 17.7 Å². The maximum atomic E-state index is 5.43. The van der Waals surface area contributed by atoms with Crippen LogP contribution in [0.4, 0.5) is 11.5 Å². The number of aryl methyl sites for hydroxylation is 1. The van der Waals surface area contributed by atoms with Gasteiger partial charge in [-0.2, -0.15) is 0 Å². The molecule has 2 aromatic rings. The maximum Gasteiger partial charge on any atom is 0.131 e. The molecule has 5 nitrogen and oxygen atoms in total. The number of pyridine rings is 2. The van der Waals surface area contributed by atoms with Crippen LogP contribution in [0.1, 0.15) is 12.0 Å². The largest absolute Gasteiger partial charge is 0.378 e. The van der Waals surface area contributed by atoms with Gasteiger partial charge in [0, 0.05) is 50.2 Å². The second-order valence-electron chi connectivity index (χ2n) is 6.26. The van der Waals surface area contributed by atoms with Crippen molar-refractivity contribution < 1.29 is 4.74 Å². The lowest BCUT2D eigenvalue weighted by Crippen LogP contribution is -2.36. The van der Waals surface area contributed by atoms with E-state index in [1.54, 1.807) is 0 Å². The summed E-state index contributed by atoms with van der Waals surface area (Å²) >= 11 is 0. The highest BCUT2D eigenvalue weighted by molar-refractivity contribution is 5.69. The van der Waals surface area contributed by atoms with Crippen LogP contribution in [-0.4, -0.2) is 49.9 Å². The van der Waals surface area contributed by atoms with E-state index in [1.807, 2.05) is 18.6 Å². The third kappa shape index (κ3) is 2.88. The number of rotatable bonds is 2. The van der Waals surface area contributed by atoms with Crippen LogP contribution in [0.25, 0.3) is 11.1 Å². The van der Waals surface area contributed by atoms with Crippen molar-refractivity contribution >= 4 is 11.5 Å². The van der Waals surface area contributed by atoms with Gasteiger partial charge < -0.3 is 14.5 Å². The van der Waals surface area contributed by atoms with Crippen LogP contribution in [0, 0.1) is 0 Å². The van der Waals surface area contributed by atoms with E-state index in [0.717, 1.165) is 56.2 Å². The van der Waals surface area contributed by atoms with E-state index in [4.69, 9.17) is 4.74 Å². The first-order valence-corrected chi connectivity index (χ1v) is 8.29. The molecule has 120 valence electrons. The fourth-order valence-corrected chi connectivity index (χ4v) is 3.38. The average molecular weight is 310 g/mol. The highest BCUT2D eigenvalue weighted by Crippen LogP contribution is 2.29. The number of hydrogen-bond donors (Lipinski definition) is 0. The minimum Gasteiger partial charge on any atom is -0.378 e. The summed E-state index contributed by atoms with van der Waals surface area (Å²) in [5.74, 6) is 1.12. The number of anilines is 2. The Morgan fingerprint density at radius 1 is 1.00 bits per heavy atom. The van der Waals surface area contributed by atoms with E-state index >= 15 is 0 Å². The molecule has 23 heavy (non-hydrogen) atoms. The van der Waals surface area contributed by atoms with Gasteiger partial charge in [0.1, 0.15) is 5.82 Å². The summed E-state index contributed by atoms with van der Waals surface area (Å²) in [6, 6.07) is 4.49. The fraction of sp³-hybridized carbons (Fsp3) is 0.444. The minimum atomic E-state index is 0.789. The smallest absolute Gasteiger partial charge is 0.131 e. The molecular weight excluding hydrogens is 288 g/mol. The molecule has 2 aliphatic rings. The highest BCUT2D eigenvalue weighted by Gasteiger charge is 2.17. The van der Waals surface area contributed by atoms with Crippen molar-refractivity contribution in [3.8, 4) is 11.1 Å². The molecule has 4 rings (SSSR count). The fourth-order valence-electron chi connectivity index (χ4n) is 3.38. The Balaban J connectivity index is 1.65. The third-order valence-electron chi connectivity index (χ3n) is 4.68. The van der Waals surface area contributed by atoms with Gasteiger partial charge in [0.25, 0.3) is 0 Å². The number of ether oxygens (including phenoxy) is 1. The van der Waals surface area contributed by atoms with Gasteiger partial charge in [-0.3, -0.25) is 4.98 Å². The molecule has 0 unspecified atom stereocenters. The number of hydrogen-bond acceptors (Lipinski definition) is 5. The summed E-state index contributed by atoms with van der Waals surface area (Å²) < 4.78 is 5.43. The van der Waals surface area contributed by atoms with Gasteiger partial charge in [0.15, 0.2) is 0 Å². The van der Waals surface area contributed by atoms with Gasteiger partial charge in [-0.1, -0.05) is 0 Å². The van der Waals surface area contributed by atoms with Crippen molar-refractivity contribution in [2.24, 2.45) is 0 Å². The van der Waals surface area contributed by atoms with Crippen LogP contribution in [-0.2, 0) is 11.2 Å². The first-order valence-electron chi connectivity index (χ1n) is 8.29. The van der Waals surface area contributed by atoms with Crippen LogP contribution >= 0.6 is 0 Å². The van der Waals surface area contributed by atoms with Crippen molar-refractivity contribution in [2.75, 3.05) is 49.7 Å². The van der Waals surface area contributed by atoms with Crippen LogP contribution in [0.3, 0.4) is 0 Å². The van der Waals surface area contributed by atoms with Crippen molar-refractivity contribution in [3.63, 3.8) is 0 Å². The Labute approximate surface area is 136 Å². The topological polar surface area (TPSA) is 41.5 Å². The Morgan fingerprint density at radius 3 is 2.70 bits per heavy atom. The highest BCUT2D eigenvalue weighted by atomic mass is 16.5. The predicted molar refractivity (Wildman–Crippen MR) is 92.1 cm³/mol. The zero-order chi connectivity index (χ0) is 15.6. The molecule has 0 atom stereocenters. The average Bonchev–Trinajstić information content (AvgIpc) is 2.62. The van der Waals surface area contributed by atoms with E-state index in [-0.39, 0.29) is 0 Å². The zero-order valence-electron chi connectivity index (χ0n) is 13.5. The number of morpholine rings is 1. The molecule has 0 N–H and O–H groups in total. The van der Waals surface area contributed by atoms with Crippen LogP contribution in [0.15, 0.2) is 30.7 Å². The van der Waals surface area contributed by atoms with Crippen LogP contribution in [0.5, 0.6) is 0 Å². The summed E-state index contributed by atoms with van der Waals surface area (Å²) in [6.07, 6.45) is 8.15. The number of nitrogens with zero attached hydrogens (tertiary/aromatic N) is 4. The SMILES string of the molecule is CN1CCCc2cc(-c3cncc(N4CCOCC4)c3)cnc21. The Kier molecular flexibility index (Phi) is 3.87. The van der Waals surface area contributed by atoms with Gasteiger partial charge >= 0.3 is 0 Å². The minimum absolute atomic E-state index is 0.789. The first-order chi connectivity index (χ1) is 11.3. The standard InChI is InChI=1S/C18H22N4O/c1-21-4-2-3-14-9-15(12-20-18(14)21)16-10-17(13-19-11-16)22-5-7-23-8-6-22/h9-13H,2-8H2,1H3. The van der Waals surface area contributed by atoms with Gasteiger partial charge in [0.2, 0.25) is 0 Å². The predicted octanol–water partition coefficient (Wildman–Crippen LogP) is 2.36. The Bertz CT molecular complexity index is 697. The summed E-state index contributed by atoms with van der Waals surface area (Å²) in [6.45, 7) is 4.53.